The number of hydrogen-bond donors (Lipinski definition) is 3. The summed E-state index contributed by atoms with van der Waals surface area (Å²) in [6.07, 6.45) is 6.53. The van der Waals surface area contributed by atoms with Crippen LogP contribution in [0.2, 0.25) is 0 Å². The predicted molar refractivity (Wildman–Crippen MR) is 130 cm³/mol. The average Bonchev–Trinajstić information content (AvgIpc) is 2.87. The number of carbonyl (C=O) groups excluding carboxylic acids is 2. The van der Waals surface area contributed by atoms with E-state index in [0.717, 1.165) is 24.3 Å². The van der Waals surface area contributed by atoms with Gasteiger partial charge in [-0.25, -0.2) is 0 Å². The van der Waals surface area contributed by atoms with E-state index in [-0.39, 0.29) is 11.8 Å². The molecule has 1 atom stereocenters. The molecule has 2 amide bonds. The van der Waals surface area contributed by atoms with E-state index in [2.05, 4.69) is 16.0 Å². The van der Waals surface area contributed by atoms with Gasteiger partial charge in [0.25, 0.3) is 5.91 Å². The maximum absolute atomic E-state index is 13.0. The fourth-order valence-electron chi connectivity index (χ4n) is 4.20. The first-order chi connectivity index (χ1) is 16.1. The Morgan fingerprint density at radius 3 is 2.09 bits per heavy atom. The molecule has 0 heterocycles. The summed E-state index contributed by atoms with van der Waals surface area (Å²) in [4.78, 5) is 25.8. The van der Waals surface area contributed by atoms with E-state index in [1.165, 1.54) is 19.3 Å². The minimum absolute atomic E-state index is 0.140. The van der Waals surface area contributed by atoms with E-state index in [4.69, 9.17) is 9.47 Å². The second-order valence-corrected chi connectivity index (χ2v) is 8.44. The summed E-state index contributed by atoms with van der Waals surface area (Å²) >= 11 is 0. The van der Waals surface area contributed by atoms with Crippen molar-refractivity contribution in [1.82, 2.24) is 10.6 Å². The van der Waals surface area contributed by atoms with Crippen LogP contribution in [0.25, 0.3) is 0 Å². The zero-order valence-corrected chi connectivity index (χ0v) is 19.6. The summed E-state index contributed by atoms with van der Waals surface area (Å²) in [5.41, 5.74) is 1.47. The standard InChI is InChI=1S/C26H35N3O4/c1-32-22-12-8-20(9-13-22)25(30)29-24(18-19-6-4-3-5-7-19)26(31)28-17-16-27-21-10-14-23(33-2)15-11-21/h8-15,19,24,27H,3-7,16-18H2,1-2H3,(H,28,31)(H,29,30). The van der Waals surface area contributed by atoms with Gasteiger partial charge in [-0.1, -0.05) is 32.1 Å². The molecule has 0 bridgehead atoms. The zero-order valence-electron chi connectivity index (χ0n) is 19.6. The maximum Gasteiger partial charge on any atom is 0.251 e. The van der Waals surface area contributed by atoms with E-state index in [9.17, 15) is 9.59 Å². The highest BCUT2D eigenvalue weighted by Crippen LogP contribution is 2.27. The Morgan fingerprint density at radius 2 is 1.48 bits per heavy atom. The van der Waals surface area contributed by atoms with Crippen molar-refractivity contribution < 1.29 is 19.1 Å². The lowest BCUT2D eigenvalue weighted by atomic mass is 9.84. The first-order valence-corrected chi connectivity index (χ1v) is 11.7. The van der Waals surface area contributed by atoms with Crippen molar-refractivity contribution in [3.63, 3.8) is 0 Å². The van der Waals surface area contributed by atoms with Crippen molar-refractivity contribution in [3.05, 3.63) is 54.1 Å². The summed E-state index contributed by atoms with van der Waals surface area (Å²) in [6, 6.07) is 14.0. The van der Waals surface area contributed by atoms with E-state index in [1.807, 2.05) is 24.3 Å². The molecule has 0 saturated heterocycles. The van der Waals surface area contributed by atoms with Gasteiger partial charge in [0.15, 0.2) is 0 Å². The van der Waals surface area contributed by atoms with Crippen LogP contribution >= 0.6 is 0 Å². The molecule has 0 aromatic heterocycles. The van der Waals surface area contributed by atoms with Crippen molar-refractivity contribution in [3.8, 4) is 11.5 Å². The molecule has 0 radical (unpaired) electrons. The zero-order chi connectivity index (χ0) is 23.5. The van der Waals surface area contributed by atoms with Crippen LogP contribution in [0.5, 0.6) is 11.5 Å². The normalized spacial score (nSPS) is 14.7. The topological polar surface area (TPSA) is 88.7 Å². The minimum Gasteiger partial charge on any atom is -0.497 e. The van der Waals surface area contributed by atoms with Gasteiger partial charge in [-0.05, 0) is 60.9 Å². The fourth-order valence-corrected chi connectivity index (χ4v) is 4.20. The maximum atomic E-state index is 13.0. The Balaban J connectivity index is 1.54. The van der Waals surface area contributed by atoms with Gasteiger partial charge in [-0.2, -0.15) is 0 Å². The highest BCUT2D eigenvalue weighted by molar-refractivity contribution is 5.97. The average molecular weight is 454 g/mol. The molecule has 1 aliphatic rings. The summed E-state index contributed by atoms with van der Waals surface area (Å²) in [5.74, 6) is 1.56. The Morgan fingerprint density at radius 1 is 0.879 bits per heavy atom. The molecule has 2 aromatic carbocycles. The SMILES string of the molecule is COc1ccc(NCCNC(=O)C(CC2CCCCC2)NC(=O)c2ccc(OC)cc2)cc1. The molecule has 33 heavy (non-hydrogen) atoms. The predicted octanol–water partition coefficient (Wildman–Crippen LogP) is 4.00. The van der Waals surface area contributed by atoms with Crippen molar-refractivity contribution >= 4 is 17.5 Å². The van der Waals surface area contributed by atoms with Crippen LogP contribution in [-0.4, -0.2) is 45.2 Å². The lowest BCUT2D eigenvalue weighted by Crippen LogP contribution is -2.48. The number of methoxy groups -OCH3 is 2. The summed E-state index contributed by atoms with van der Waals surface area (Å²) in [7, 11) is 3.22. The van der Waals surface area contributed by atoms with E-state index in [0.29, 0.717) is 36.7 Å². The van der Waals surface area contributed by atoms with Gasteiger partial charge in [0.1, 0.15) is 17.5 Å². The van der Waals surface area contributed by atoms with Gasteiger partial charge >= 0.3 is 0 Å². The number of rotatable bonds is 11. The molecular weight excluding hydrogens is 418 g/mol. The second-order valence-electron chi connectivity index (χ2n) is 8.44. The molecule has 178 valence electrons. The minimum atomic E-state index is -0.552. The van der Waals surface area contributed by atoms with Gasteiger partial charge in [0, 0.05) is 24.3 Å². The smallest absolute Gasteiger partial charge is 0.251 e. The van der Waals surface area contributed by atoms with Gasteiger partial charge in [0.05, 0.1) is 14.2 Å². The van der Waals surface area contributed by atoms with Crippen molar-refractivity contribution in [2.75, 3.05) is 32.6 Å². The molecule has 7 heteroatoms. The van der Waals surface area contributed by atoms with Crippen LogP contribution in [0.15, 0.2) is 48.5 Å². The number of benzene rings is 2. The molecular formula is C26H35N3O4. The van der Waals surface area contributed by atoms with E-state index < -0.39 is 6.04 Å². The highest BCUT2D eigenvalue weighted by atomic mass is 16.5. The van der Waals surface area contributed by atoms with Crippen LogP contribution in [0.3, 0.4) is 0 Å². The van der Waals surface area contributed by atoms with Gasteiger partial charge in [-0.3, -0.25) is 9.59 Å². The third-order valence-electron chi connectivity index (χ3n) is 6.11. The molecule has 2 aromatic rings. The fraction of sp³-hybridized carbons (Fsp3) is 0.462. The second kappa shape index (κ2) is 12.7. The Kier molecular flexibility index (Phi) is 9.42. The molecule has 0 spiro atoms. The Bertz CT molecular complexity index is 877. The highest BCUT2D eigenvalue weighted by Gasteiger charge is 2.26. The molecule has 1 saturated carbocycles. The number of hydrogen-bond acceptors (Lipinski definition) is 5. The number of ether oxygens (including phenoxy) is 2. The number of anilines is 1. The third kappa shape index (κ3) is 7.70. The van der Waals surface area contributed by atoms with Crippen LogP contribution in [0.1, 0.15) is 48.9 Å². The van der Waals surface area contributed by atoms with E-state index in [1.54, 1.807) is 38.5 Å². The lowest BCUT2D eigenvalue weighted by Gasteiger charge is -2.26. The molecule has 1 aliphatic carbocycles. The monoisotopic (exact) mass is 453 g/mol. The summed E-state index contributed by atoms with van der Waals surface area (Å²) in [5, 5.41) is 9.22. The molecule has 3 N–H and O–H groups in total. The van der Waals surface area contributed by atoms with Crippen molar-refractivity contribution in [2.24, 2.45) is 5.92 Å². The Labute approximate surface area is 196 Å². The van der Waals surface area contributed by atoms with Crippen LogP contribution in [0.4, 0.5) is 5.69 Å². The first-order valence-electron chi connectivity index (χ1n) is 11.7. The molecule has 7 nitrogen and oxygen atoms in total. The van der Waals surface area contributed by atoms with Crippen LogP contribution in [-0.2, 0) is 4.79 Å². The quantitative estimate of drug-likeness (QED) is 0.448. The van der Waals surface area contributed by atoms with E-state index >= 15 is 0 Å². The molecule has 3 rings (SSSR count). The molecule has 1 unspecified atom stereocenters. The largest absolute Gasteiger partial charge is 0.497 e. The molecule has 1 fully saturated rings. The summed E-state index contributed by atoms with van der Waals surface area (Å²) < 4.78 is 10.3. The number of nitrogens with one attached hydrogen (secondary N) is 3. The van der Waals surface area contributed by atoms with Gasteiger partial charge in [-0.15, -0.1) is 0 Å². The van der Waals surface area contributed by atoms with Crippen LogP contribution in [0, 0.1) is 5.92 Å². The summed E-state index contributed by atoms with van der Waals surface area (Å²) in [6.45, 7) is 1.05. The van der Waals surface area contributed by atoms with Gasteiger partial charge < -0.3 is 25.4 Å². The van der Waals surface area contributed by atoms with Crippen molar-refractivity contribution in [2.45, 2.75) is 44.6 Å². The molecule has 0 aliphatic heterocycles. The van der Waals surface area contributed by atoms with Crippen LogP contribution < -0.4 is 25.4 Å². The van der Waals surface area contributed by atoms with Crippen molar-refractivity contribution in [1.29, 1.82) is 0 Å². The number of amides is 2. The lowest BCUT2D eigenvalue weighted by molar-refractivity contribution is -0.123. The third-order valence-corrected chi connectivity index (χ3v) is 6.11. The first kappa shape index (κ1) is 24.4. The number of carbonyl (C=O) groups is 2. The van der Waals surface area contributed by atoms with Gasteiger partial charge in [0.2, 0.25) is 5.91 Å². The Hall–Kier alpha value is -3.22.